The summed E-state index contributed by atoms with van der Waals surface area (Å²) < 4.78 is 0. The molecule has 1 fully saturated rings. The van der Waals surface area contributed by atoms with Gasteiger partial charge in [-0.1, -0.05) is 49.9 Å². The van der Waals surface area contributed by atoms with Gasteiger partial charge in [0.15, 0.2) is 5.17 Å². The summed E-state index contributed by atoms with van der Waals surface area (Å²) in [7, 11) is 0. The predicted octanol–water partition coefficient (Wildman–Crippen LogP) is 3.58. The molecular formula is C16H22N2S. The first kappa shape index (κ1) is 13.0. The summed E-state index contributed by atoms with van der Waals surface area (Å²) in [6.45, 7) is 5.47. The van der Waals surface area contributed by atoms with Crippen molar-refractivity contribution in [2.75, 3.05) is 12.3 Å². The zero-order chi connectivity index (χ0) is 13.3. The molecule has 2 nitrogen and oxygen atoms in total. The molecule has 1 saturated heterocycles. The molecule has 19 heavy (non-hydrogen) atoms. The van der Waals surface area contributed by atoms with Crippen LogP contribution in [0.2, 0.25) is 0 Å². The Morgan fingerprint density at radius 2 is 2.11 bits per heavy atom. The van der Waals surface area contributed by atoms with Crippen molar-refractivity contribution in [1.82, 2.24) is 5.32 Å². The van der Waals surface area contributed by atoms with Crippen LogP contribution in [0.3, 0.4) is 0 Å². The van der Waals surface area contributed by atoms with E-state index in [9.17, 15) is 0 Å². The third-order valence-electron chi connectivity index (χ3n) is 4.63. The van der Waals surface area contributed by atoms with Crippen molar-refractivity contribution in [3.05, 3.63) is 35.4 Å². The first-order valence-electron chi connectivity index (χ1n) is 7.29. The van der Waals surface area contributed by atoms with Crippen LogP contribution in [0, 0.1) is 0 Å². The van der Waals surface area contributed by atoms with E-state index in [-0.39, 0.29) is 0 Å². The van der Waals surface area contributed by atoms with E-state index in [0.29, 0.717) is 11.5 Å². The summed E-state index contributed by atoms with van der Waals surface area (Å²) in [5.41, 5.74) is 3.31. The first-order valence-corrected chi connectivity index (χ1v) is 8.28. The highest BCUT2D eigenvalue weighted by molar-refractivity contribution is 8.14. The van der Waals surface area contributed by atoms with Crippen LogP contribution >= 0.6 is 11.8 Å². The Bertz CT molecular complexity index is 491. The van der Waals surface area contributed by atoms with E-state index < -0.39 is 0 Å². The second-order valence-electron chi connectivity index (χ2n) is 5.65. The first-order chi connectivity index (χ1) is 9.26. The molecule has 1 heterocycles. The molecule has 1 aliphatic carbocycles. The van der Waals surface area contributed by atoms with Crippen molar-refractivity contribution in [3.8, 4) is 0 Å². The standard InChI is InChI=1S/C16H22N2S/c1-3-16(4-2)11-19-15(18-16)17-10-13-9-12-7-5-6-8-14(12)13/h5-8,13H,3-4,9-11H2,1-2H3,(H,17,18). The number of nitrogens with zero attached hydrogens (tertiary/aromatic N) is 1. The maximum atomic E-state index is 4.80. The molecule has 0 amide bonds. The summed E-state index contributed by atoms with van der Waals surface area (Å²) in [6, 6.07) is 8.76. The van der Waals surface area contributed by atoms with Gasteiger partial charge in [0.1, 0.15) is 0 Å². The van der Waals surface area contributed by atoms with Crippen LogP contribution in [0.5, 0.6) is 0 Å². The smallest absolute Gasteiger partial charge is 0.157 e. The van der Waals surface area contributed by atoms with E-state index in [1.54, 1.807) is 0 Å². The molecule has 1 N–H and O–H groups in total. The van der Waals surface area contributed by atoms with E-state index in [1.807, 2.05) is 11.8 Å². The molecule has 1 aromatic rings. The molecule has 3 heteroatoms. The maximum absolute atomic E-state index is 4.80. The van der Waals surface area contributed by atoms with Crippen LogP contribution in [0.4, 0.5) is 0 Å². The maximum Gasteiger partial charge on any atom is 0.157 e. The van der Waals surface area contributed by atoms with Gasteiger partial charge < -0.3 is 5.32 Å². The number of aliphatic imine (C=N–C) groups is 1. The van der Waals surface area contributed by atoms with Gasteiger partial charge in [-0.25, -0.2) is 0 Å². The number of rotatable bonds is 4. The summed E-state index contributed by atoms with van der Waals surface area (Å²) >= 11 is 1.90. The van der Waals surface area contributed by atoms with Crippen molar-refractivity contribution in [1.29, 1.82) is 0 Å². The number of fused-ring (bicyclic) bond motifs is 1. The summed E-state index contributed by atoms with van der Waals surface area (Å²) in [5, 5.41) is 4.80. The van der Waals surface area contributed by atoms with E-state index >= 15 is 0 Å². The van der Waals surface area contributed by atoms with Gasteiger partial charge >= 0.3 is 0 Å². The molecule has 1 unspecified atom stereocenters. The van der Waals surface area contributed by atoms with Gasteiger partial charge in [0, 0.05) is 23.8 Å². The fourth-order valence-electron chi connectivity index (χ4n) is 2.94. The normalized spacial score (nSPS) is 25.8. The summed E-state index contributed by atoms with van der Waals surface area (Å²) in [4.78, 5) is 4.80. The molecule has 0 bridgehead atoms. The third kappa shape index (κ3) is 2.40. The lowest BCUT2D eigenvalue weighted by Crippen LogP contribution is -2.42. The van der Waals surface area contributed by atoms with Crippen molar-refractivity contribution in [2.45, 2.75) is 44.6 Å². The van der Waals surface area contributed by atoms with E-state index in [0.717, 1.165) is 11.7 Å². The topological polar surface area (TPSA) is 24.4 Å². The molecule has 0 saturated carbocycles. The highest BCUT2D eigenvalue weighted by Gasteiger charge is 2.34. The lowest BCUT2D eigenvalue weighted by atomic mass is 9.78. The number of hydrogen-bond acceptors (Lipinski definition) is 2. The third-order valence-corrected chi connectivity index (χ3v) is 5.83. The SMILES string of the molecule is CCC1(CC)CSC(=NCC2Cc3ccccc32)N1. The Morgan fingerprint density at radius 3 is 2.79 bits per heavy atom. The Kier molecular flexibility index (Phi) is 3.57. The van der Waals surface area contributed by atoms with Crippen LogP contribution in [0.25, 0.3) is 0 Å². The average Bonchev–Trinajstić information content (AvgIpc) is 2.84. The lowest BCUT2D eigenvalue weighted by Gasteiger charge is -2.29. The van der Waals surface area contributed by atoms with Gasteiger partial charge in [0.25, 0.3) is 0 Å². The molecule has 1 atom stereocenters. The van der Waals surface area contributed by atoms with Crippen LogP contribution < -0.4 is 5.32 Å². The lowest BCUT2D eigenvalue weighted by molar-refractivity contribution is 0.407. The zero-order valence-electron chi connectivity index (χ0n) is 11.8. The fourth-order valence-corrected chi connectivity index (χ4v) is 4.29. The van der Waals surface area contributed by atoms with Gasteiger partial charge in [-0.3, -0.25) is 4.99 Å². The molecule has 0 radical (unpaired) electrons. The Balaban J connectivity index is 1.61. The van der Waals surface area contributed by atoms with Gasteiger partial charge in [-0.15, -0.1) is 0 Å². The quantitative estimate of drug-likeness (QED) is 0.907. The minimum atomic E-state index is 0.293. The minimum Gasteiger partial charge on any atom is -0.359 e. The molecule has 102 valence electrons. The molecule has 1 aliphatic heterocycles. The Labute approximate surface area is 120 Å². The number of nitrogens with one attached hydrogen (secondary N) is 1. The average molecular weight is 274 g/mol. The van der Waals surface area contributed by atoms with Gasteiger partial charge in [0.2, 0.25) is 0 Å². The fraction of sp³-hybridized carbons (Fsp3) is 0.562. The highest BCUT2D eigenvalue weighted by atomic mass is 32.2. The van der Waals surface area contributed by atoms with Crippen LogP contribution in [0.15, 0.2) is 29.3 Å². The number of benzene rings is 1. The van der Waals surface area contributed by atoms with Gasteiger partial charge in [-0.2, -0.15) is 0 Å². The van der Waals surface area contributed by atoms with E-state index in [2.05, 4.69) is 43.4 Å². The van der Waals surface area contributed by atoms with Crippen LogP contribution in [-0.2, 0) is 6.42 Å². The molecule has 3 rings (SSSR count). The predicted molar refractivity (Wildman–Crippen MR) is 84.1 cm³/mol. The van der Waals surface area contributed by atoms with Crippen LogP contribution in [0.1, 0.15) is 43.7 Å². The van der Waals surface area contributed by atoms with Crippen LogP contribution in [-0.4, -0.2) is 23.0 Å². The van der Waals surface area contributed by atoms with Gasteiger partial charge in [-0.05, 0) is 30.4 Å². The second-order valence-corrected chi connectivity index (χ2v) is 6.61. The van der Waals surface area contributed by atoms with E-state index in [1.165, 1.54) is 36.1 Å². The van der Waals surface area contributed by atoms with E-state index in [4.69, 9.17) is 4.99 Å². The minimum absolute atomic E-state index is 0.293. The van der Waals surface area contributed by atoms with Gasteiger partial charge in [0.05, 0.1) is 0 Å². The summed E-state index contributed by atoms with van der Waals surface area (Å²) in [5.74, 6) is 1.81. The van der Waals surface area contributed by atoms with Crippen molar-refractivity contribution < 1.29 is 0 Å². The van der Waals surface area contributed by atoms with Crippen molar-refractivity contribution in [3.63, 3.8) is 0 Å². The molecule has 0 spiro atoms. The molecule has 0 aromatic heterocycles. The number of hydrogen-bond donors (Lipinski definition) is 1. The monoisotopic (exact) mass is 274 g/mol. The highest BCUT2D eigenvalue weighted by Crippen LogP contribution is 2.35. The zero-order valence-corrected chi connectivity index (χ0v) is 12.6. The summed E-state index contributed by atoms with van der Waals surface area (Å²) in [6.07, 6.45) is 3.56. The number of thioether (sulfide) groups is 1. The van der Waals surface area contributed by atoms with Crippen molar-refractivity contribution in [2.24, 2.45) is 4.99 Å². The largest absolute Gasteiger partial charge is 0.359 e. The molecular weight excluding hydrogens is 252 g/mol. The Morgan fingerprint density at radius 1 is 1.32 bits per heavy atom. The molecule has 2 aliphatic rings. The van der Waals surface area contributed by atoms with Crippen molar-refractivity contribution >= 4 is 16.9 Å². The second kappa shape index (κ2) is 5.20. The molecule has 1 aromatic carbocycles. The number of amidine groups is 1. The Hall–Kier alpha value is -0.960.